The van der Waals surface area contributed by atoms with Crippen molar-refractivity contribution >= 4 is 17.0 Å². The molecule has 0 atom stereocenters. The van der Waals surface area contributed by atoms with Crippen LogP contribution >= 0.6 is 0 Å². The summed E-state index contributed by atoms with van der Waals surface area (Å²) in [6.45, 7) is 0.721. The summed E-state index contributed by atoms with van der Waals surface area (Å²) >= 11 is 0. The van der Waals surface area contributed by atoms with Gasteiger partial charge in [-0.1, -0.05) is 30.3 Å². The number of imidazole rings is 1. The highest BCUT2D eigenvalue weighted by molar-refractivity contribution is 5.82. The highest BCUT2D eigenvalue weighted by Crippen LogP contribution is 2.17. The number of aromatic nitrogens is 4. The van der Waals surface area contributed by atoms with Crippen molar-refractivity contribution in [1.82, 2.24) is 19.5 Å². The normalized spacial score (nSPS) is 10.7. The smallest absolute Gasteiger partial charge is 0.171 e. The molecule has 0 spiro atoms. The predicted molar refractivity (Wildman–Crippen MR) is 68.7 cm³/mol. The fourth-order valence-electron chi connectivity index (χ4n) is 1.88. The number of fused-ring (bicyclic) bond motifs is 1. The van der Waals surface area contributed by atoms with E-state index in [9.17, 15) is 0 Å². The molecule has 0 aliphatic rings. The molecule has 0 saturated carbocycles. The molecule has 90 valence electrons. The molecule has 6 nitrogen and oxygen atoms in total. The Morgan fingerprint density at radius 3 is 2.72 bits per heavy atom. The zero-order chi connectivity index (χ0) is 12.4. The van der Waals surface area contributed by atoms with Gasteiger partial charge in [0.1, 0.15) is 6.33 Å². The maximum atomic E-state index is 5.39. The van der Waals surface area contributed by atoms with E-state index in [-0.39, 0.29) is 0 Å². The van der Waals surface area contributed by atoms with Crippen molar-refractivity contribution in [3.8, 4) is 0 Å². The molecular formula is C12H12N6. The first kappa shape index (κ1) is 10.7. The average molecular weight is 240 g/mol. The number of anilines is 1. The number of nitrogens with one attached hydrogen (secondary N) is 1. The zero-order valence-corrected chi connectivity index (χ0v) is 9.61. The Kier molecular flexibility index (Phi) is 2.62. The summed E-state index contributed by atoms with van der Waals surface area (Å²) in [7, 11) is 0. The van der Waals surface area contributed by atoms with E-state index < -0.39 is 0 Å². The standard InChI is InChI=1S/C12H12N6/c13-17-11-10-12(15-7-14-11)18(8-16-10)6-9-4-2-1-3-5-9/h1-5,7-8H,6,13H2,(H,14,15,17). The second kappa shape index (κ2) is 4.42. The van der Waals surface area contributed by atoms with Gasteiger partial charge in [-0.3, -0.25) is 0 Å². The summed E-state index contributed by atoms with van der Waals surface area (Å²) in [6.07, 6.45) is 3.22. The van der Waals surface area contributed by atoms with Crippen molar-refractivity contribution in [2.75, 3.05) is 5.43 Å². The van der Waals surface area contributed by atoms with Crippen LogP contribution in [0.5, 0.6) is 0 Å². The minimum absolute atomic E-state index is 0.534. The Bertz CT molecular complexity index is 661. The number of nitrogens with zero attached hydrogens (tertiary/aromatic N) is 4. The molecule has 2 aromatic heterocycles. The zero-order valence-electron chi connectivity index (χ0n) is 9.61. The Morgan fingerprint density at radius 1 is 1.11 bits per heavy atom. The van der Waals surface area contributed by atoms with E-state index in [2.05, 4.69) is 32.5 Å². The molecule has 6 heteroatoms. The van der Waals surface area contributed by atoms with Crippen LogP contribution in [0, 0.1) is 0 Å². The minimum Gasteiger partial charge on any atom is -0.311 e. The first-order chi connectivity index (χ1) is 8.88. The third kappa shape index (κ3) is 1.78. The van der Waals surface area contributed by atoms with Crippen LogP contribution in [0.15, 0.2) is 43.0 Å². The highest BCUT2D eigenvalue weighted by Gasteiger charge is 2.08. The van der Waals surface area contributed by atoms with E-state index in [1.54, 1.807) is 6.33 Å². The fraction of sp³-hybridized carbons (Fsp3) is 0.0833. The lowest BCUT2D eigenvalue weighted by atomic mass is 10.2. The van der Waals surface area contributed by atoms with Crippen molar-refractivity contribution < 1.29 is 0 Å². The van der Waals surface area contributed by atoms with E-state index in [0.717, 1.165) is 12.2 Å². The molecule has 0 aliphatic carbocycles. The van der Waals surface area contributed by atoms with E-state index in [4.69, 9.17) is 5.84 Å². The van der Waals surface area contributed by atoms with Crippen LogP contribution in [0.4, 0.5) is 5.82 Å². The Labute approximate surface area is 103 Å². The van der Waals surface area contributed by atoms with Gasteiger partial charge in [0, 0.05) is 0 Å². The van der Waals surface area contributed by atoms with Gasteiger partial charge >= 0.3 is 0 Å². The number of hydrogen-bond acceptors (Lipinski definition) is 5. The summed E-state index contributed by atoms with van der Waals surface area (Å²) in [5.74, 6) is 5.92. The second-order valence-electron chi connectivity index (χ2n) is 3.90. The molecule has 1 aromatic carbocycles. The number of hydrogen-bond donors (Lipinski definition) is 2. The van der Waals surface area contributed by atoms with Crippen LogP contribution in [0.2, 0.25) is 0 Å². The molecule has 0 amide bonds. The summed E-state index contributed by atoms with van der Waals surface area (Å²) in [4.78, 5) is 12.5. The van der Waals surface area contributed by atoms with Gasteiger partial charge in [-0.15, -0.1) is 0 Å². The van der Waals surface area contributed by atoms with Crippen molar-refractivity contribution in [1.29, 1.82) is 0 Å². The van der Waals surface area contributed by atoms with E-state index in [1.165, 1.54) is 11.9 Å². The van der Waals surface area contributed by atoms with E-state index >= 15 is 0 Å². The Morgan fingerprint density at radius 2 is 1.94 bits per heavy atom. The lowest BCUT2D eigenvalue weighted by molar-refractivity contribution is 0.813. The van der Waals surface area contributed by atoms with Gasteiger partial charge in [-0.05, 0) is 5.56 Å². The Hall–Kier alpha value is -2.47. The first-order valence-electron chi connectivity index (χ1n) is 5.55. The van der Waals surface area contributed by atoms with Gasteiger partial charge in [0.15, 0.2) is 17.0 Å². The number of rotatable bonds is 3. The maximum absolute atomic E-state index is 5.39. The summed E-state index contributed by atoms with van der Waals surface area (Å²) in [5.41, 5.74) is 5.15. The highest BCUT2D eigenvalue weighted by atomic mass is 15.3. The Balaban J connectivity index is 2.03. The minimum atomic E-state index is 0.534. The van der Waals surface area contributed by atoms with E-state index in [0.29, 0.717) is 11.3 Å². The van der Waals surface area contributed by atoms with Crippen LogP contribution in [-0.2, 0) is 6.54 Å². The van der Waals surface area contributed by atoms with Gasteiger partial charge < -0.3 is 9.99 Å². The van der Waals surface area contributed by atoms with Crippen LogP contribution in [0.1, 0.15) is 5.56 Å². The summed E-state index contributed by atoms with van der Waals surface area (Å²) in [5, 5.41) is 0. The van der Waals surface area contributed by atoms with Crippen LogP contribution < -0.4 is 11.3 Å². The van der Waals surface area contributed by atoms with Gasteiger partial charge in [0.2, 0.25) is 0 Å². The van der Waals surface area contributed by atoms with Gasteiger partial charge in [-0.25, -0.2) is 20.8 Å². The topological polar surface area (TPSA) is 81.7 Å². The number of benzene rings is 1. The van der Waals surface area contributed by atoms with Gasteiger partial charge in [0.05, 0.1) is 12.9 Å². The third-order valence-electron chi connectivity index (χ3n) is 2.73. The first-order valence-corrected chi connectivity index (χ1v) is 5.55. The monoisotopic (exact) mass is 240 g/mol. The van der Waals surface area contributed by atoms with Crippen LogP contribution in [0.25, 0.3) is 11.2 Å². The van der Waals surface area contributed by atoms with Gasteiger partial charge in [0.25, 0.3) is 0 Å². The number of nitrogen functional groups attached to an aromatic ring is 1. The maximum Gasteiger partial charge on any atom is 0.171 e. The molecule has 3 rings (SSSR count). The quantitative estimate of drug-likeness (QED) is 0.530. The van der Waals surface area contributed by atoms with Crippen molar-refractivity contribution in [2.45, 2.75) is 6.54 Å². The van der Waals surface area contributed by atoms with Crippen molar-refractivity contribution in [3.05, 3.63) is 48.5 Å². The molecule has 18 heavy (non-hydrogen) atoms. The number of hydrazine groups is 1. The predicted octanol–water partition coefficient (Wildman–Crippen LogP) is 1.16. The van der Waals surface area contributed by atoms with Gasteiger partial charge in [-0.2, -0.15) is 0 Å². The van der Waals surface area contributed by atoms with Crippen molar-refractivity contribution in [2.24, 2.45) is 5.84 Å². The number of nitrogens with two attached hydrogens (primary N) is 1. The van der Waals surface area contributed by atoms with Crippen LogP contribution in [-0.4, -0.2) is 19.5 Å². The van der Waals surface area contributed by atoms with Crippen molar-refractivity contribution in [3.63, 3.8) is 0 Å². The molecule has 0 fully saturated rings. The molecule has 3 aromatic rings. The summed E-state index contributed by atoms with van der Waals surface area (Å²) in [6, 6.07) is 10.1. The lowest BCUT2D eigenvalue weighted by Crippen LogP contribution is -2.09. The fourth-order valence-corrected chi connectivity index (χ4v) is 1.88. The average Bonchev–Trinajstić information content (AvgIpc) is 2.83. The molecule has 3 N–H and O–H groups in total. The summed E-state index contributed by atoms with van der Waals surface area (Å²) < 4.78 is 1.97. The molecular weight excluding hydrogens is 228 g/mol. The van der Waals surface area contributed by atoms with Crippen LogP contribution in [0.3, 0.4) is 0 Å². The molecule has 0 unspecified atom stereocenters. The molecule has 0 aliphatic heterocycles. The van der Waals surface area contributed by atoms with E-state index in [1.807, 2.05) is 22.8 Å². The molecule has 2 heterocycles. The third-order valence-corrected chi connectivity index (χ3v) is 2.73. The molecule has 0 radical (unpaired) electrons. The lowest BCUT2D eigenvalue weighted by Gasteiger charge is -2.04. The molecule has 0 bridgehead atoms. The second-order valence-corrected chi connectivity index (χ2v) is 3.90. The molecule has 0 saturated heterocycles. The SMILES string of the molecule is NNc1ncnc2c1ncn2Cc1ccccc1. The largest absolute Gasteiger partial charge is 0.311 e.